The molecule has 51 heavy (non-hydrogen) atoms. The lowest BCUT2D eigenvalue weighted by Crippen LogP contribution is -2.59. The molecule has 1 aliphatic rings. The molecule has 5 rings (SSSR count). The fraction of sp³-hybridized carbons (Fsp3) is 0.286. The Hall–Kier alpha value is -4.96. The predicted octanol–water partition coefficient (Wildman–Crippen LogP) is 8.10. The maximum Gasteiger partial charge on any atom is 0.310 e. The molecule has 0 radical (unpaired) electrons. The number of rotatable bonds is 13. The van der Waals surface area contributed by atoms with Crippen LogP contribution in [0.1, 0.15) is 28.4 Å². The maximum atomic E-state index is 15.3. The van der Waals surface area contributed by atoms with Crippen LogP contribution in [-0.4, -0.2) is 73.5 Å². The van der Waals surface area contributed by atoms with E-state index in [4.69, 9.17) is 14.2 Å². The summed E-state index contributed by atoms with van der Waals surface area (Å²) in [7, 11) is -5.17. The van der Waals surface area contributed by atoms with Gasteiger partial charge in [0.25, 0.3) is 5.91 Å². The van der Waals surface area contributed by atoms with Crippen LogP contribution in [0.15, 0.2) is 77.8 Å². The number of nitrogens with zero attached hydrogens (tertiary/aromatic N) is 3. The molecule has 1 fully saturated rings. The van der Waals surface area contributed by atoms with E-state index in [2.05, 4.69) is 10.3 Å². The summed E-state index contributed by atoms with van der Waals surface area (Å²) in [5.74, 6) is -1.40. The lowest BCUT2D eigenvalue weighted by atomic mass is 10.0. The summed E-state index contributed by atoms with van der Waals surface area (Å²) in [5, 5.41) is 2.12. The number of carbonyl (C=O) groups is 2. The zero-order valence-electron chi connectivity index (χ0n) is 28.1. The zero-order valence-corrected chi connectivity index (χ0v) is 28.9. The first-order valence-electron chi connectivity index (χ1n) is 15.7. The van der Waals surface area contributed by atoms with Gasteiger partial charge < -0.3 is 29.3 Å². The standard InChI is InChI=1S/C35H36F6N4O5S/c1-5-49-32-17-34(50-21-22-6-10-28(48-4)11-7-22)42-18-30(32)23-8-9-24(31(36)14-23)15-33(46)43-26-12-25(13-29(16-26)51(37,38,39,40)41)35(47)45-19-27(20-45)44(2)3/h6-14,16-18,27H,5,15,19-21H2,1-4H3,(H,43,46). The van der Waals surface area contributed by atoms with Crippen LogP contribution in [-0.2, 0) is 17.8 Å². The number of aromatic nitrogens is 1. The predicted molar refractivity (Wildman–Crippen MR) is 182 cm³/mol. The van der Waals surface area contributed by atoms with Crippen molar-refractivity contribution >= 4 is 27.7 Å². The third-order valence-electron chi connectivity index (χ3n) is 8.16. The van der Waals surface area contributed by atoms with Gasteiger partial charge in [-0.05, 0) is 74.1 Å². The van der Waals surface area contributed by atoms with E-state index < -0.39 is 50.4 Å². The van der Waals surface area contributed by atoms with Gasteiger partial charge in [-0.3, -0.25) is 9.59 Å². The molecular formula is C35H36F6N4O5S. The average Bonchev–Trinajstić information content (AvgIpc) is 3.03. The van der Waals surface area contributed by atoms with Gasteiger partial charge in [-0.15, -0.1) is 0 Å². The van der Waals surface area contributed by atoms with Gasteiger partial charge >= 0.3 is 10.2 Å². The van der Waals surface area contributed by atoms with Gasteiger partial charge in [0.15, 0.2) is 0 Å². The summed E-state index contributed by atoms with van der Waals surface area (Å²) in [6.45, 7) is 2.63. The van der Waals surface area contributed by atoms with E-state index in [9.17, 15) is 29.0 Å². The van der Waals surface area contributed by atoms with E-state index in [1.807, 2.05) is 17.0 Å². The van der Waals surface area contributed by atoms with Crippen molar-refractivity contribution in [1.82, 2.24) is 14.8 Å². The summed E-state index contributed by atoms with van der Waals surface area (Å²) in [6, 6.07) is 13.8. The summed E-state index contributed by atoms with van der Waals surface area (Å²) in [6.07, 6.45) is 0.794. The third kappa shape index (κ3) is 9.24. The fourth-order valence-corrected chi connectivity index (χ4v) is 5.95. The zero-order chi connectivity index (χ0) is 37.2. The van der Waals surface area contributed by atoms with Crippen LogP contribution in [0.2, 0.25) is 0 Å². The topological polar surface area (TPSA) is 93.2 Å². The van der Waals surface area contributed by atoms with Crippen molar-refractivity contribution in [3.63, 3.8) is 0 Å². The molecule has 0 unspecified atom stereocenters. The Morgan fingerprint density at radius 2 is 1.67 bits per heavy atom. The number of halogens is 6. The number of methoxy groups -OCH3 is 1. The molecular weight excluding hydrogens is 702 g/mol. The molecule has 1 N–H and O–H groups in total. The second-order valence-electron chi connectivity index (χ2n) is 12.2. The van der Waals surface area contributed by atoms with Crippen LogP contribution in [0.5, 0.6) is 17.4 Å². The maximum absolute atomic E-state index is 15.3. The molecule has 3 aromatic carbocycles. The highest BCUT2D eigenvalue weighted by Crippen LogP contribution is 3.02. The normalized spacial score (nSPS) is 14.7. The van der Waals surface area contributed by atoms with Gasteiger partial charge in [0.2, 0.25) is 11.8 Å². The Kier molecular flexibility index (Phi) is 9.97. The fourth-order valence-electron chi connectivity index (χ4n) is 5.25. The second-order valence-corrected chi connectivity index (χ2v) is 14.6. The molecule has 9 nitrogen and oxygen atoms in total. The summed E-state index contributed by atoms with van der Waals surface area (Å²) in [4.78, 5) is 30.8. The van der Waals surface area contributed by atoms with Crippen LogP contribution >= 0.6 is 10.2 Å². The van der Waals surface area contributed by atoms with E-state index >= 15 is 4.39 Å². The highest BCUT2D eigenvalue weighted by molar-refractivity contribution is 8.45. The van der Waals surface area contributed by atoms with E-state index in [0.717, 1.165) is 17.7 Å². The van der Waals surface area contributed by atoms with Crippen molar-refractivity contribution < 1.29 is 47.6 Å². The van der Waals surface area contributed by atoms with E-state index in [-0.39, 0.29) is 55.9 Å². The largest absolute Gasteiger partial charge is 0.497 e. The lowest BCUT2D eigenvalue weighted by Gasteiger charge is -2.43. The van der Waals surface area contributed by atoms with Gasteiger partial charge in [-0.1, -0.05) is 43.7 Å². The molecule has 0 spiro atoms. The molecule has 4 aromatic rings. The number of hydrogen-bond acceptors (Lipinski definition) is 7. The number of likely N-dealkylation sites (tertiary alicyclic amines) is 1. The first kappa shape index (κ1) is 37.3. The number of anilines is 1. The Bertz CT molecular complexity index is 1940. The molecule has 0 aliphatic carbocycles. The number of amides is 2. The molecule has 2 heterocycles. The number of carbonyl (C=O) groups excluding carboxylic acids is 2. The van der Waals surface area contributed by atoms with Crippen LogP contribution < -0.4 is 19.5 Å². The number of hydrogen-bond donors (Lipinski definition) is 1. The molecule has 1 aromatic heterocycles. The molecule has 1 saturated heterocycles. The average molecular weight is 739 g/mol. The van der Waals surface area contributed by atoms with Crippen LogP contribution in [0.4, 0.5) is 29.5 Å². The Morgan fingerprint density at radius 3 is 2.27 bits per heavy atom. The van der Waals surface area contributed by atoms with Crippen molar-refractivity contribution in [2.24, 2.45) is 0 Å². The minimum Gasteiger partial charge on any atom is -0.497 e. The molecule has 274 valence electrons. The van der Waals surface area contributed by atoms with Crippen molar-refractivity contribution in [3.05, 3.63) is 95.4 Å². The Morgan fingerprint density at radius 1 is 0.961 bits per heavy atom. The van der Waals surface area contributed by atoms with Gasteiger partial charge in [0, 0.05) is 48.2 Å². The molecule has 0 bridgehead atoms. The van der Waals surface area contributed by atoms with Crippen LogP contribution in [0.25, 0.3) is 11.1 Å². The van der Waals surface area contributed by atoms with Crippen molar-refractivity contribution in [2.75, 3.05) is 46.2 Å². The van der Waals surface area contributed by atoms with E-state index in [1.54, 1.807) is 46.3 Å². The SMILES string of the molecule is CCOc1cc(OCc2ccc(OC)cc2)ncc1-c1ccc(CC(=O)Nc2cc(C(=O)N3CC(N(C)C)C3)cc(S(F)(F)(F)(F)F)c2)c(F)c1. The number of nitrogens with one attached hydrogen (secondary N) is 1. The first-order chi connectivity index (χ1) is 23.8. The number of likely N-dealkylation sites (N-methyl/N-ethyl adjacent to an activating group) is 1. The summed E-state index contributed by atoms with van der Waals surface area (Å²) in [5.41, 5.74) is 0.165. The Balaban J connectivity index is 1.31. The molecule has 16 heteroatoms. The van der Waals surface area contributed by atoms with Crippen molar-refractivity contribution in [3.8, 4) is 28.5 Å². The third-order valence-corrected chi connectivity index (χ3v) is 9.29. The Labute approximate surface area is 290 Å². The van der Waals surface area contributed by atoms with E-state index in [0.29, 0.717) is 22.6 Å². The highest BCUT2D eigenvalue weighted by Gasteiger charge is 2.65. The first-order valence-corrected chi connectivity index (χ1v) is 17.6. The number of pyridine rings is 1. The minimum absolute atomic E-state index is 0.0423. The highest BCUT2D eigenvalue weighted by atomic mass is 32.5. The molecule has 0 atom stereocenters. The summed E-state index contributed by atoms with van der Waals surface area (Å²) >= 11 is 0. The quantitative estimate of drug-likeness (QED) is 0.139. The van der Waals surface area contributed by atoms with Crippen LogP contribution in [0, 0.1) is 5.82 Å². The summed E-state index contributed by atoms with van der Waals surface area (Å²) < 4.78 is 101. The smallest absolute Gasteiger partial charge is 0.310 e. The van der Waals surface area contributed by atoms with Crippen molar-refractivity contribution in [2.45, 2.75) is 30.9 Å². The van der Waals surface area contributed by atoms with Gasteiger partial charge in [0.1, 0.15) is 28.8 Å². The number of benzene rings is 3. The van der Waals surface area contributed by atoms with Crippen molar-refractivity contribution in [1.29, 1.82) is 0 Å². The monoisotopic (exact) mass is 738 g/mol. The molecule has 2 amide bonds. The minimum atomic E-state index is -10.3. The van der Waals surface area contributed by atoms with Gasteiger partial charge in [-0.25, -0.2) is 9.37 Å². The van der Waals surface area contributed by atoms with E-state index in [1.165, 1.54) is 23.2 Å². The van der Waals surface area contributed by atoms with Gasteiger partial charge in [0.05, 0.1) is 20.1 Å². The molecule has 1 aliphatic heterocycles. The van der Waals surface area contributed by atoms with Crippen LogP contribution in [0.3, 0.4) is 0 Å². The second kappa shape index (κ2) is 13.6. The van der Waals surface area contributed by atoms with Gasteiger partial charge in [-0.2, -0.15) is 0 Å². The number of ether oxygens (including phenoxy) is 3. The molecule has 0 saturated carbocycles. The lowest BCUT2D eigenvalue weighted by molar-refractivity contribution is -0.115.